The van der Waals surface area contributed by atoms with E-state index in [2.05, 4.69) is 27.0 Å². The van der Waals surface area contributed by atoms with Gasteiger partial charge >= 0.3 is 0 Å². The minimum Gasteiger partial charge on any atom is -0.383 e. The number of nitrogens with zero attached hydrogens (tertiary/aromatic N) is 4. The van der Waals surface area contributed by atoms with Gasteiger partial charge in [-0.25, -0.2) is 9.67 Å². The van der Waals surface area contributed by atoms with E-state index < -0.39 is 0 Å². The Morgan fingerprint density at radius 2 is 1.53 bits per heavy atom. The van der Waals surface area contributed by atoms with Gasteiger partial charge < -0.3 is 5.73 Å². The highest BCUT2D eigenvalue weighted by atomic mass is 79.9. The number of halogens is 1. The van der Waals surface area contributed by atoms with E-state index >= 15 is 0 Å². The van der Waals surface area contributed by atoms with Crippen LogP contribution in [0.3, 0.4) is 0 Å². The molecule has 0 saturated carbocycles. The second-order valence-corrected chi connectivity index (χ2v) is 8.77. The molecule has 164 valence electrons. The third kappa shape index (κ3) is 3.87. The topological polar surface area (TPSA) is 80.5 Å². The fourth-order valence-electron chi connectivity index (χ4n) is 4.12. The molecule has 0 aliphatic rings. The second kappa shape index (κ2) is 8.97. The van der Waals surface area contributed by atoms with Crippen molar-refractivity contribution in [2.24, 2.45) is 0 Å². The van der Waals surface area contributed by atoms with E-state index in [0.29, 0.717) is 16.8 Å². The number of nitrogens with two attached hydrogens (primary N) is 1. The van der Waals surface area contributed by atoms with E-state index in [9.17, 15) is 5.26 Å². The minimum absolute atomic E-state index is 0.198. The fourth-order valence-corrected chi connectivity index (χ4v) is 4.38. The molecule has 0 unspecified atom stereocenters. The number of para-hydroxylation sites is 1. The zero-order valence-corrected chi connectivity index (χ0v) is 20.0. The van der Waals surface area contributed by atoms with E-state index in [1.807, 2.05) is 103 Å². The van der Waals surface area contributed by atoms with Crippen molar-refractivity contribution in [1.82, 2.24) is 14.8 Å². The Balaban J connectivity index is 1.83. The van der Waals surface area contributed by atoms with E-state index in [4.69, 9.17) is 10.8 Å². The van der Waals surface area contributed by atoms with Crippen molar-refractivity contribution in [2.75, 3.05) is 5.73 Å². The van der Waals surface area contributed by atoms with Crippen LogP contribution in [0.2, 0.25) is 0 Å². The molecule has 3 aromatic carbocycles. The van der Waals surface area contributed by atoms with Gasteiger partial charge in [-0.3, -0.25) is 0 Å². The van der Waals surface area contributed by atoms with Gasteiger partial charge in [0.05, 0.1) is 22.8 Å². The van der Waals surface area contributed by atoms with Crippen molar-refractivity contribution in [3.8, 4) is 45.4 Å². The lowest BCUT2D eigenvalue weighted by atomic mass is 9.94. The van der Waals surface area contributed by atoms with Crippen molar-refractivity contribution in [3.63, 3.8) is 0 Å². The number of rotatable bonds is 4. The Bertz CT molecular complexity index is 1520. The van der Waals surface area contributed by atoms with Gasteiger partial charge in [0.25, 0.3) is 0 Å². The monoisotopic (exact) mass is 505 g/mol. The fraction of sp³-hybridized carbons (Fsp3) is 0.0357. The first-order valence-electron chi connectivity index (χ1n) is 10.7. The Morgan fingerprint density at radius 1 is 0.882 bits per heavy atom. The molecule has 2 aromatic heterocycles. The van der Waals surface area contributed by atoms with Crippen molar-refractivity contribution in [2.45, 2.75) is 6.92 Å². The van der Waals surface area contributed by atoms with Gasteiger partial charge in [-0.05, 0) is 37.3 Å². The van der Waals surface area contributed by atoms with Crippen LogP contribution in [0.4, 0.5) is 5.82 Å². The Hall–Kier alpha value is -4.21. The molecule has 5 rings (SSSR count). The summed E-state index contributed by atoms with van der Waals surface area (Å²) in [5.41, 5.74) is 13.5. The number of pyridine rings is 1. The van der Waals surface area contributed by atoms with Gasteiger partial charge in [-0.1, -0.05) is 76.6 Å². The standard InChI is InChI=1S/C28H20BrN5/c1-18-26(23-16-25(32-28(31)24(23)17-30)19-12-14-21(29)15-13-19)27(20-8-4-2-5-9-20)34(33-18)22-10-6-3-7-11-22/h2-16H,1H3,(H2,31,32). The lowest BCUT2D eigenvalue weighted by Crippen LogP contribution is -2.02. The number of aromatic nitrogens is 3. The van der Waals surface area contributed by atoms with E-state index in [0.717, 1.165) is 38.2 Å². The molecule has 2 heterocycles. The van der Waals surface area contributed by atoms with Crippen LogP contribution >= 0.6 is 15.9 Å². The largest absolute Gasteiger partial charge is 0.383 e. The first kappa shape index (κ1) is 21.6. The molecule has 0 fully saturated rings. The van der Waals surface area contributed by atoms with E-state index in [1.54, 1.807) is 0 Å². The van der Waals surface area contributed by atoms with Crippen LogP contribution in [0.5, 0.6) is 0 Å². The van der Waals surface area contributed by atoms with Gasteiger partial charge in [-0.2, -0.15) is 10.4 Å². The quantitative estimate of drug-likeness (QED) is 0.291. The minimum atomic E-state index is 0.198. The number of aryl methyl sites for hydroxylation is 1. The predicted molar refractivity (Wildman–Crippen MR) is 139 cm³/mol. The molecule has 34 heavy (non-hydrogen) atoms. The lowest BCUT2D eigenvalue weighted by molar-refractivity contribution is 0.869. The van der Waals surface area contributed by atoms with Crippen LogP contribution in [0.1, 0.15) is 11.3 Å². The number of nitriles is 1. The van der Waals surface area contributed by atoms with Crippen molar-refractivity contribution >= 4 is 21.7 Å². The average molecular weight is 506 g/mol. The molecule has 0 saturated heterocycles. The van der Waals surface area contributed by atoms with Crippen molar-refractivity contribution < 1.29 is 0 Å². The third-order valence-electron chi connectivity index (χ3n) is 5.68. The zero-order chi connectivity index (χ0) is 23.7. The second-order valence-electron chi connectivity index (χ2n) is 7.86. The van der Waals surface area contributed by atoms with E-state index in [1.165, 1.54) is 0 Å². The lowest BCUT2D eigenvalue weighted by Gasteiger charge is -2.14. The molecule has 0 radical (unpaired) electrons. The maximum Gasteiger partial charge on any atom is 0.142 e. The molecule has 0 atom stereocenters. The van der Waals surface area contributed by atoms with Gasteiger partial charge in [0.2, 0.25) is 0 Å². The molecule has 0 aliphatic heterocycles. The average Bonchev–Trinajstić information content (AvgIpc) is 3.22. The maximum absolute atomic E-state index is 10.0. The highest BCUT2D eigenvalue weighted by Gasteiger charge is 2.24. The molecule has 2 N–H and O–H groups in total. The zero-order valence-electron chi connectivity index (χ0n) is 18.4. The van der Waals surface area contributed by atoms with Gasteiger partial charge in [0.1, 0.15) is 17.5 Å². The molecule has 0 spiro atoms. The number of anilines is 1. The summed E-state index contributed by atoms with van der Waals surface area (Å²) in [4.78, 5) is 4.54. The maximum atomic E-state index is 10.0. The number of benzene rings is 3. The highest BCUT2D eigenvalue weighted by molar-refractivity contribution is 9.10. The Kier molecular flexibility index (Phi) is 5.70. The van der Waals surface area contributed by atoms with Crippen LogP contribution in [0.25, 0.3) is 39.3 Å². The summed E-state index contributed by atoms with van der Waals surface area (Å²) < 4.78 is 2.90. The summed E-state index contributed by atoms with van der Waals surface area (Å²) in [6.07, 6.45) is 0. The SMILES string of the molecule is Cc1nn(-c2ccccc2)c(-c2ccccc2)c1-c1cc(-c2ccc(Br)cc2)nc(N)c1C#N. The van der Waals surface area contributed by atoms with Crippen LogP contribution in [0, 0.1) is 18.3 Å². The van der Waals surface area contributed by atoms with Crippen LogP contribution in [-0.4, -0.2) is 14.8 Å². The summed E-state index contributed by atoms with van der Waals surface area (Å²) in [6, 6.07) is 32.1. The normalized spacial score (nSPS) is 10.7. The first-order valence-corrected chi connectivity index (χ1v) is 11.5. The highest BCUT2D eigenvalue weighted by Crippen LogP contribution is 2.40. The molecular formula is C28H20BrN5. The smallest absolute Gasteiger partial charge is 0.142 e. The van der Waals surface area contributed by atoms with Crippen molar-refractivity contribution in [3.05, 3.63) is 107 Å². The summed E-state index contributed by atoms with van der Waals surface area (Å²) in [5.74, 6) is 0.198. The summed E-state index contributed by atoms with van der Waals surface area (Å²) >= 11 is 3.48. The predicted octanol–water partition coefficient (Wildman–Crippen LogP) is 6.79. The molecule has 5 aromatic rings. The van der Waals surface area contributed by atoms with Crippen LogP contribution in [-0.2, 0) is 0 Å². The van der Waals surface area contributed by atoms with Crippen molar-refractivity contribution in [1.29, 1.82) is 5.26 Å². The summed E-state index contributed by atoms with van der Waals surface area (Å²) in [7, 11) is 0. The van der Waals surface area contributed by atoms with Gasteiger partial charge in [-0.15, -0.1) is 0 Å². The molecular weight excluding hydrogens is 486 g/mol. The number of hydrogen-bond donors (Lipinski definition) is 1. The van der Waals surface area contributed by atoms with Crippen LogP contribution < -0.4 is 5.73 Å². The molecule has 6 heteroatoms. The molecule has 0 bridgehead atoms. The van der Waals surface area contributed by atoms with Gasteiger partial charge in [0.15, 0.2) is 0 Å². The van der Waals surface area contributed by atoms with Crippen LogP contribution in [0.15, 0.2) is 95.5 Å². The molecule has 5 nitrogen and oxygen atoms in total. The summed E-state index contributed by atoms with van der Waals surface area (Å²) in [5, 5.41) is 14.9. The third-order valence-corrected chi connectivity index (χ3v) is 6.21. The molecule has 0 amide bonds. The number of hydrogen-bond acceptors (Lipinski definition) is 4. The first-order chi connectivity index (χ1) is 16.6. The summed E-state index contributed by atoms with van der Waals surface area (Å²) in [6.45, 7) is 1.96. The Labute approximate surface area is 206 Å². The Morgan fingerprint density at radius 3 is 2.18 bits per heavy atom. The number of nitrogen functional groups attached to an aromatic ring is 1. The van der Waals surface area contributed by atoms with Gasteiger partial charge in [0, 0.05) is 26.7 Å². The molecule has 0 aliphatic carbocycles. The van der Waals surface area contributed by atoms with E-state index in [-0.39, 0.29) is 5.82 Å².